The van der Waals surface area contributed by atoms with Crippen molar-refractivity contribution in [1.82, 2.24) is 10.3 Å². The Kier molecular flexibility index (Phi) is 4.38. The second-order valence-corrected chi connectivity index (χ2v) is 5.07. The summed E-state index contributed by atoms with van der Waals surface area (Å²) in [7, 11) is 0. The monoisotopic (exact) mass is 273 g/mol. The highest BCUT2D eigenvalue weighted by Gasteiger charge is 2.38. The summed E-state index contributed by atoms with van der Waals surface area (Å²) in [5.41, 5.74) is 6.09. The molecule has 5 nitrogen and oxygen atoms in total. The van der Waals surface area contributed by atoms with Gasteiger partial charge in [-0.2, -0.15) is 0 Å². The number of amides is 1. The molecule has 0 spiro atoms. The van der Waals surface area contributed by atoms with E-state index >= 15 is 0 Å². The summed E-state index contributed by atoms with van der Waals surface area (Å²) in [6.07, 6.45) is 2.38. The smallest absolute Gasteiger partial charge is 0.270 e. The minimum atomic E-state index is -0.337. The number of hydrogen-bond donors (Lipinski definition) is 2. The van der Waals surface area contributed by atoms with E-state index in [4.69, 9.17) is 10.5 Å². The molecule has 1 aromatic rings. The Morgan fingerprint density at radius 1 is 1.65 bits per heavy atom. The lowest BCUT2D eigenvalue weighted by molar-refractivity contribution is 0.0724. The average molecular weight is 273 g/mol. The highest BCUT2D eigenvalue weighted by atomic mass is 16.5. The Balaban J connectivity index is 2.06. The molecule has 106 valence electrons. The predicted molar refractivity (Wildman–Crippen MR) is 76.1 cm³/mol. The molecule has 0 aromatic carbocycles. The third-order valence-electron chi connectivity index (χ3n) is 3.62. The highest BCUT2D eigenvalue weighted by molar-refractivity contribution is 5.92. The first kappa shape index (κ1) is 14.5. The third-order valence-corrected chi connectivity index (χ3v) is 3.62. The van der Waals surface area contributed by atoms with E-state index in [2.05, 4.69) is 22.1 Å². The Morgan fingerprint density at radius 3 is 3.00 bits per heavy atom. The number of rotatable bonds is 2. The molecule has 1 aliphatic rings. The molecule has 0 aliphatic carbocycles. The summed E-state index contributed by atoms with van der Waals surface area (Å²) in [4.78, 5) is 16.3. The van der Waals surface area contributed by atoms with Crippen molar-refractivity contribution in [1.29, 1.82) is 0 Å². The predicted octanol–water partition coefficient (Wildman–Crippen LogP) is 0.689. The third kappa shape index (κ3) is 3.16. The van der Waals surface area contributed by atoms with Gasteiger partial charge in [-0.25, -0.2) is 4.98 Å². The van der Waals surface area contributed by atoms with E-state index in [0.29, 0.717) is 18.8 Å². The Hall–Kier alpha value is -1.90. The van der Waals surface area contributed by atoms with Gasteiger partial charge in [0.25, 0.3) is 5.91 Å². The Labute approximate surface area is 118 Å². The fraction of sp³-hybridized carbons (Fsp3) is 0.467. The van der Waals surface area contributed by atoms with Crippen molar-refractivity contribution in [3.05, 3.63) is 29.6 Å². The van der Waals surface area contributed by atoms with E-state index in [1.807, 2.05) is 13.8 Å². The standard InChI is InChI=1S/C15H19N3O2/c1-11-15(2,7-9-20-11)18-14(19)13-6-5-12(10-17-13)4-3-8-16/h5-6,10-11H,7-9,16H2,1-2H3,(H,18,19). The Bertz CT molecular complexity index is 544. The molecular weight excluding hydrogens is 254 g/mol. The van der Waals surface area contributed by atoms with Crippen LogP contribution in [0.5, 0.6) is 0 Å². The van der Waals surface area contributed by atoms with Crippen LogP contribution in [0.15, 0.2) is 18.3 Å². The van der Waals surface area contributed by atoms with Crippen molar-refractivity contribution < 1.29 is 9.53 Å². The highest BCUT2D eigenvalue weighted by Crippen LogP contribution is 2.25. The van der Waals surface area contributed by atoms with Crippen molar-refractivity contribution in [3.8, 4) is 11.8 Å². The van der Waals surface area contributed by atoms with E-state index in [9.17, 15) is 4.79 Å². The normalized spacial score (nSPS) is 24.9. The maximum atomic E-state index is 12.2. The van der Waals surface area contributed by atoms with E-state index in [-0.39, 0.29) is 17.6 Å². The van der Waals surface area contributed by atoms with Gasteiger partial charge in [0.05, 0.1) is 18.2 Å². The zero-order valence-corrected chi connectivity index (χ0v) is 11.8. The van der Waals surface area contributed by atoms with E-state index in [1.54, 1.807) is 18.3 Å². The fourth-order valence-electron chi connectivity index (χ4n) is 2.08. The van der Waals surface area contributed by atoms with Crippen molar-refractivity contribution in [2.45, 2.75) is 31.9 Å². The maximum absolute atomic E-state index is 12.2. The molecule has 1 aromatic heterocycles. The molecule has 3 N–H and O–H groups in total. The zero-order valence-electron chi connectivity index (χ0n) is 11.8. The molecule has 0 radical (unpaired) electrons. The molecule has 1 aliphatic heterocycles. The Morgan fingerprint density at radius 2 is 2.45 bits per heavy atom. The maximum Gasteiger partial charge on any atom is 0.270 e. The molecule has 2 atom stereocenters. The van der Waals surface area contributed by atoms with Crippen molar-refractivity contribution in [2.75, 3.05) is 13.2 Å². The van der Waals surface area contributed by atoms with Crippen LogP contribution in [-0.4, -0.2) is 35.7 Å². The van der Waals surface area contributed by atoms with Crippen LogP contribution < -0.4 is 11.1 Å². The molecular formula is C15H19N3O2. The van der Waals surface area contributed by atoms with Gasteiger partial charge in [-0.3, -0.25) is 4.79 Å². The number of aromatic nitrogens is 1. The van der Waals surface area contributed by atoms with Crippen LogP contribution >= 0.6 is 0 Å². The number of carbonyl (C=O) groups excluding carboxylic acids is 1. The molecule has 20 heavy (non-hydrogen) atoms. The van der Waals surface area contributed by atoms with E-state index < -0.39 is 0 Å². The molecule has 5 heteroatoms. The van der Waals surface area contributed by atoms with Crippen LogP contribution in [-0.2, 0) is 4.74 Å². The van der Waals surface area contributed by atoms with Gasteiger partial charge in [-0.05, 0) is 32.4 Å². The van der Waals surface area contributed by atoms with Crippen molar-refractivity contribution in [3.63, 3.8) is 0 Å². The summed E-state index contributed by atoms with van der Waals surface area (Å²) >= 11 is 0. The summed E-state index contributed by atoms with van der Waals surface area (Å²) in [5, 5.41) is 3.00. The number of nitrogens with zero attached hydrogens (tertiary/aromatic N) is 1. The lowest BCUT2D eigenvalue weighted by Crippen LogP contribution is -2.50. The molecule has 0 bridgehead atoms. The van der Waals surface area contributed by atoms with Crippen LogP contribution in [0, 0.1) is 11.8 Å². The number of hydrogen-bond acceptors (Lipinski definition) is 4. The summed E-state index contributed by atoms with van der Waals surface area (Å²) in [6.45, 7) is 4.92. The SMILES string of the molecule is CC1OCCC1(C)NC(=O)c1ccc(C#CCN)cn1. The largest absolute Gasteiger partial charge is 0.376 e. The van der Waals surface area contributed by atoms with Crippen LogP contribution in [0.1, 0.15) is 36.3 Å². The number of ether oxygens (including phenoxy) is 1. The first-order chi connectivity index (χ1) is 9.55. The van der Waals surface area contributed by atoms with E-state index in [0.717, 1.165) is 12.0 Å². The topological polar surface area (TPSA) is 77.2 Å². The average Bonchev–Trinajstić information content (AvgIpc) is 2.76. The van der Waals surface area contributed by atoms with Gasteiger partial charge >= 0.3 is 0 Å². The lowest BCUT2D eigenvalue weighted by atomic mass is 9.94. The zero-order chi connectivity index (χ0) is 14.6. The van der Waals surface area contributed by atoms with Gasteiger partial charge in [0.2, 0.25) is 0 Å². The second-order valence-electron chi connectivity index (χ2n) is 5.07. The molecule has 2 rings (SSSR count). The van der Waals surface area contributed by atoms with Gasteiger partial charge in [0.15, 0.2) is 0 Å². The van der Waals surface area contributed by atoms with Crippen LogP contribution in [0.4, 0.5) is 0 Å². The van der Waals surface area contributed by atoms with E-state index in [1.165, 1.54) is 0 Å². The second kappa shape index (κ2) is 6.04. The van der Waals surface area contributed by atoms with Gasteiger partial charge in [0.1, 0.15) is 5.69 Å². The van der Waals surface area contributed by atoms with Crippen LogP contribution in [0.25, 0.3) is 0 Å². The van der Waals surface area contributed by atoms with Gasteiger partial charge in [0, 0.05) is 18.4 Å². The molecule has 2 unspecified atom stereocenters. The molecule has 2 heterocycles. The minimum absolute atomic E-state index is 0.00106. The first-order valence-electron chi connectivity index (χ1n) is 6.64. The number of nitrogens with one attached hydrogen (secondary N) is 1. The molecule has 1 amide bonds. The molecule has 0 saturated carbocycles. The number of pyridine rings is 1. The number of carbonyl (C=O) groups is 1. The quantitative estimate of drug-likeness (QED) is 0.777. The summed E-state index contributed by atoms with van der Waals surface area (Å²) < 4.78 is 5.50. The summed E-state index contributed by atoms with van der Waals surface area (Å²) in [5.74, 6) is 5.42. The summed E-state index contributed by atoms with van der Waals surface area (Å²) in [6, 6.07) is 3.43. The molecule has 1 saturated heterocycles. The minimum Gasteiger partial charge on any atom is -0.376 e. The fourth-order valence-corrected chi connectivity index (χ4v) is 2.08. The van der Waals surface area contributed by atoms with Crippen molar-refractivity contribution in [2.24, 2.45) is 5.73 Å². The van der Waals surface area contributed by atoms with Gasteiger partial charge in [-0.1, -0.05) is 11.8 Å². The van der Waals surface area contributed by atoms with Crippen LogP contribution in [0.3, 0.4) is 0 Å². The molecule has 1 fully saturated rings. The van der Waals surface area contributed by atoms with Gasteiger partial charge < -0.3 is 15.8 Å². The van der Waals surface area contributed by atoms with Crippen molar-refractivity contribution >= 4 is 5.91 Å². The lowest BCUT2D eigenvalue weighted by Gasteiger charge is -2.28. The van der Waals surface area contributed by atoms with Crippen LogP contribution in [0.2, 0.25) is 0 Å². The first-order valence-corrected chi connectivity index (χ1v) is 6.64. The van der Waals surface area contributed by atoms with Gasteiger partial charge in [-0.15, -0.1) is 0 Å². The number of nitrogens with two attached hydrogens (primary N) is 1.